The number of rotatable bonds is 12. The number of nitrogens with zero attached hydrogens (tertiary/aromatic N) is 1. The Labute approximate surface area is 235 Å². The first-order valence-corrected chi connectivity index (χ1v) is 14.0. The van der Waals surface area contributed by atoms with Crippen molar-refractivity contribution in [2.45, 2.75) is 63.6 Å². The van der Waals surface area contributed by atoms with Crippen molar-refractivity contribution in [2.75, 3.05) is 6.61 Å². The van der Waals surface area contributed by atoms with Crippen LogP contribution in [0.2, 0.25) is 10.0 Å². The van der Waals surface area contributed by atoms with Crippen LogP contribution in [0.25, 0.3) is 0 Å². The smallest absolute Gasteiger partial charge is 0.243 e. The van der Waals surface area contributed by atoms with Crippen LogP contribution >= 0.6 is 23.2 Å². The van der Waals surface area contributed by atoms with Crippen molar-refractivity contribution < 1.29 is 14.3 Å². The molecule has 1 aliphatic rings. The van der Waals surface area contributed by atoms with E-state index in [0.717, 1.165) is 42.6 Å². The zero-order valence-electron chi connectivity index (χ0n) is 21.5. The van der Waals surface area contributed by atoms with Crippen LogP contribution in [0.5, 0.6) is 5.75 Å². The molecule has 7 heteroatoms. The lowest BCUT2D eigenvalue weighted by Crippen LogP contribution is -2.52. The molecule has 5 nitrogen and oxygen atoms in total. The number of halogens is 2. The Balaban J connectivity index is 1.54. The minimum atomic E-state index is -0.657. The lowest BCUT2D eigenvalue weighted by Gasteiger charge is -2.32. The van der Waals surface area contributed by atoms with Crippen molar-refractivity contribution in [3.05, 3.63) is 100 Å². The average Bonchev–Trinajstić information content (AvgIpc) is 3.44. The molecule has 0 saturated heterocycles. The summed E-state index contributed by atoms with van der Waals surface area (Å²) in [5.74, 6) is 0.551. The lowest BCUT2D eigenvalue weighted by atomic mass is 10.0. The van der Waals surface area contributed by atoms with Gasteiger partial charge >= 0.3 is 0 Å². The molecule has 1 atom stereocenters. The van der Waals surface area contributed by atoms with E-state index in [1.807, 2.05) is 66.7 Å². The molecule has 0 aromatic heterocycles. The molecular weight excluding hydrogens is 519 g/mol. The van der Waals surface area contributed by atoms with E-state index in [1.165, 1.54) is 0 Å². The van der Waals surface area contributed by atoms with E-state index in [9.17, 15) is 9.59 Å². The summed E-state index contributed by atoms with van der Waals surface area (Å²) in [7, 11) is 0. The zero-order valence-corrected chi connectivity index (χ0v) is 23.0. The van der Waals surface area contributed by atoms with Gasteiger partial charge in [0.15, 0.2) is 0 Å². The van der Waals surface area contributed by atoms with Gasteiger partial charge in [-0.25, -0.2) is 0 Å². The molecule has 0 heterocycles. The van der Waals surface area contributed by atoms with Crippen LogP contribution in [0.4, 0.5) is 0 Å². The molecule has 1 aliphatic carbocycles. The predicted molar refractivity (Wildman–Crippen MR) is 153 cm³/mol. The van der Waals surface area contributed by atoms with Gasteiger partial charge in [-0.15, -0.1) is 0 Å². The SMILES string of the molecule is O=C(NC1CCCC1)[C@H](Cc1ccccc1)N(Cc1ccc(Cl)c(Cl)c1)C(=O)CCCOc1ccccc1. The molecule has 1 saturated carbocycles. The Morgan fingerprint density at radius 1 is 0.895 bits per heavy atom. The molecule has 1 fully saturated rings. The molecule has 200 valence electrons. The summed E-state index contributed by atoms with van der Waals surface area (Å²) in [6, 6.07) is 24.2. The third kappa shape index (κ3) is 8.24. The van der Waals surface area contributed by atoms with Crippen LogP contribution in [0, 0.1) is 0 Å². The third-order valence-corrected chi connectivity index (χ3v) is 7.60. The summed E-state index contributed by atoms with van der Waals surface area (Å²) < 4.78 is 5.79. The van der Waals surface area contributed by atoms with Gasteiger partial charge in [-0.1, -0.05) is 90.6 Å². The predicted octanol–water partition coefficient (Wildman–Crippen LogP) is 6.85. The zero-order chi connectivity index (χ0) is 26.7. The molecule has 2 amide bonds. The van der Waals surface area contributed by atoms with Gasteiger partial charge in [-0.2, -0.15) is 0 Å². The van der Waals surface area contributed by atoms with Crippen molar-refractivity contribution in [3.63, 3.8) is 0 Å². The number of nitrogens with one attached hydrogen (secondary N) is 1. The molecular formula is C31H34Cl2N2O3. The lowest BCUT2D eigenvalue weighted by molar-refractivity contribution is -0.141. The number of para-hydroxylation sites is 1. The number of hydrogen-bond acceptors (Lipinski definition) is 3. The van der Waals surface area contributed by atoms with Crippen molar-refractivity contribution >= 4 is 35.0 Å². The largest absolute Gasteiger partial charge is 0.494 e. The first-order chi connectivity index (χ1) is 18.5. The van der Waals surface area contributed by atoms with E-state index in [0.29, 0.717) is 29.5 Å². The highest BCUT2D eigenvalue weighted by atomic mass is 35.5. The fourth-order valence-corrected chi connectivity index (χ4v) is 5.15. The fourth-order valence-electron chi connectivity index (χ4n) is 4.83. The van der Waals surface area contributed by atoms with Crippen LogP contribution in [0.1, 0.15) is 49.7 Å². The van der Waals surface area contributed by atoms with Crippen LogP contribution in [-0.4, -0.2) is 35.4 Å². The topological polar surface area (TPSA) is 58.6 Å². The molecule has 0 radical (unpaired) electrons. The van der Waals surface area contributed by atoms with Crippen molar-refractivity contribution in [2.24, 2.45) is 0 Å². The summed E-state index contributed by atoms with van der Waals surface area (Å²) in [6.45, 7) is 0.666. The van der Waals surface area contributed by atoms with Gasteiger partial charge in [0.05, 0.1) is 16.7 Å². The van der Waals surface area contributed by atoms with Gasteiger partial charge < -0.3 is 15.0 Å². The van der Waals surface area contributed by atoms with Gasteiger partial charge in [0.1, 0.15) is 11.8 Å². The van der Waals surface area contributed by atoms with Gasteiger partial charge in [0.2, 0.25) is 11.8 Å². The molecule has 0 bridgehead atoms. The minimum Gasteiger partial charge on any atom is -0.494 e. The van der Waals surface area contributed by atoms with Crippen LogP contribution < -0.4 is 10.1 Å². The highest BCUT2D eigenvalue weighted by Crippen LogP contribution is 2.25. The number of ether oxygens (including phenoxy) is 1. The van der Waals surface area contributed by atoms with E-state index >= 15 is 0 Å². The number of benzene rings is 3. The number of hydrogen-bond donors (Lipinski definition) is 1. The molecule has 4 rings (SSSR count). The van der Waals surface area contributed by atoms with Crippen molar-refractivity contribution in [1.29, 1.82) is 0 Å². The summed E-state index contributed by atoms with van der Waals surface area (Å²) in [5, 5.41) is 4.09. The summed E-state index contributed by atoms with van der Waals surface area (Å²) in [6.07, 6.45) is 5.39. The maximum absolute atomic E-state index is 13.7. The molecule has 0 aliphatic heterocycles. The summed E-state index contributed by atoms with van der Waals surface area (Å²) in [4.78, 5) is 29.1. The van der Waals surface area contributed by atoms with E-state index in [4.69, 9.17) is 27.9 Å². The van der Waals surface area contributed by atoms with Gasteiger partial charge in [0.25, 0.3) is 0 Å². The Kier molecular flexibility index (Phi) is 10.5. The monoisotopic (exact) mass is 552 g/mol. The van der Waals surface area contributed by atoms with E-state index in [-0.39, 0.29) is 30.8 Å². The Bertz CT molecular complexity index is 1180. The van der Waals surface area contributed by atoms with E-state index < -0.39 is 6.04 Å². The quantitative estimate of drug-likeness (QED) is 0.250. The molecule has 0 spiro atoms. The van der Waals surface area contributed by atoms with Gasteiger partial charge in [-0.05, 0) is 54.7 Å². The minimum absolute atomic E-state index is 0.102. The number of carbonyl (C=O) groups is 2. The van der Waals surface area contributed by atoms with Crippen LogP contribution in [0.3, 0.4) is 0 Å². The van der Waals surface area contributed by atoms with E-state index in [1.54, 1.807) is 17.0 Å². The maximum atomic E-state index is 13.7. The standard InChI is InChI=1S/C31H34Cl2N2O3/c32-27-18-17-24(20-28(27)33)22-35(30(36)16-9-19-38-26-14-5-2-6-15-26)29(21-23-10-3-1-4-11-23)31(37)34-25-12-7-8-13-25/h1-6,10-11,14-15,17-18,20,25,29H,7-9,12-13,16,19,21-22H2,(H,34,37)/t29-/m0/s1. The third-order valence-electron chi connectivity index (χ3n) is 6.86. The second kappa shape index (κ2) is 14.2. The number of amides is 2. The number of carbonyl (C=O) groups excluding carboxylic acids is 2. The highest BCUT2D eigenvalue weighted by Gasteiger charge is 2.32. The Morgan fingerprint density at radius 2 is 1.58 bits per heavy atom. The average molecular weight is 554 g/mol. The highest BCUT2D eigenvalue weighted by molar-refractivity contribution is 6.42. The van der Waals surface area contributed by atoms with Crippen LogP contribution in [-0.2, 0) is 22.6 Å². The maximum Gasteiger partial charge on any atom is 0.243 e. The molecule has 3 aromatic rings. The fraction of sp³-hybridized carbons (Fsp3) is 0.355. The molecule has 0 unspecified atom stereocenters. The van der Waals surface area contributed by atoms with E-state index in [2.05, 4.69) is 5.32 Å². The summed E-state index contributed by atoms with van der Waals surface area (Å²) >= 11 is 12.4. The van der Waals surface area contributed by atoms with Crippen molar-refractivity contribution in [3.8, 4) is 5.75 Å². The van der Waals surface area contributed by atoms with Crippen molar-refractivity contribution in [1.82, 2.24) is 10.2 Å². The molecule has 1 N–H and O–H groups in total. The van der Waals surface area contributed by atoms with Gasteiger partial charge in [0, 0.05) is 25.4 Å². The molecule has 3 aromatic carbocycles. The second-order valence-electron chi connectivity index (χ2n) is 9.73. The van der Waals surface area contributed by atoms with Crippen LogP contribution in [0.15, 0.2) is 78.9 Å². The first kappa shape index (κ1) is 28.0. The second-order valence-corrected chi connectivity index (χ2v) is 10.5. The van der Waals surface area contributed by atoms with Gasteiger partial charge in [-0.3, -0.25) is 9.59 Å². The molecule has 38 heavy (non-hydrogen) atoms. The Morgan fingerprint density at radius 3 is 2.26 bits per heavy atom. The Hall–Kier alpha value is -3.02. The summed E-state index contributed by atoms with van der Waals surface area (Å²) in [5.41, 5.74) is 1.82. The normalized spacial score (nSPS) is 14.2. The first-order valence-electron chi connectivity index (χ1n) is 13.2.